The van der Waals surface area contributed by atoms with Crippen molar-refractivity contribution in [1.82, 2.24) is 0 Å². The lowest BCUT2D eigenvalue weighted by molar-refractivity contribution is -0.660. The van der Waals surface area contributed by atoms with Gasteiger partial charge >= 0.3 is 0 Å². The zero-order valence-corrected chi connectivity index (χ0v) is 24.0. The topological polar surface area (TPSA) is 3.88 Å². The lowest BCUT2D eigenvalue weighted by Crippen LogP contribution is -2.43. The van der Waals surface area contributed by atoms with Crippen LogP contribution in [-0.4, -0.2) is 0 Å². The van der Waals surface area contributed by atoms with Crippen molar-refractivity contribution in [3.05, 3.63) is 113 Å². The third-order valence-corrected chi connectivity index (χ3v) is 9.67. The summed E-state index contributed by atoms with van der Waals surface area (Å²) in [6, 6.07) is 29.7. The van der Waals surface area contributed by atoms with Crippen LogP contribution in [0.5, 0.6) is 0 Å². The van der Waals surface area contributed by atoms with Crippen LogP contribution < -0.4 is 4.57 Å². The summed E-state index contributed by atoms with van der Waals surface area (Å²) >= 11 is 0. The van der Waals surface area contributed by atoms with Crippen LogP contribution in [0.2, 0.25) is 0 Å². The van der Waals surface area contributed by atoms with Crippen molar-refractivity contribution in [2.24, 2.45) is 7.05 Å². The Morgan fingerprint density at radius 3 is 2.00 bits per heavy atom. The number of hydrogen-bond acceptors (Lipinski definition) is 0. The normalized spacial score (nSPS) is 15.3. The minimum absolute atomic E-state index is 0.0197. The molecule has 0 atom stereocenters. The third-order valence-electron chi connectivity index (χ3n) is 9.67. The van der Waals surface area contributed by atoms with E-state index in [1.54, 1.807) is 0 Å². The van der Waals surface area contributed by atoms with Crippen LogP contribution in [-0.2, 0) is 17.9 Å². The van der Waals surface area contributed by atoms with Crippen molar-refractivity contribution >= 4 is 10.8 Å². The molecule has 0 unspecified atom stereocenters. The van der Waals surface area contributed by atoms with E-state index in [9.17, 15) is 0 Å². The summed E-state index contributed by atoms with van der Waals surface area (Å²) in [5.74, 6) is 0. The highest BCUT2D eigenvalue weighted by molar-refractivity contribution is 6.01. The Balaban J connectivity index is 1.64. The highest BCUT2D eigenvalue weighted by Gasteiger charge is 2.46. The SMILES string of the molecule is Cc1cc2c(cc1-c1cc(-c3c(C)cccc3C)cc[n+]1C)C(C)(C)C(C)(C)c1ccc3ccccc3c1-2. The Hall–Kier alpha value is -3.71. The van der Waals surface area contributed by atoms with Crippen molar-refractivity contribution in [1.29, 1.82) is 0 Å². The van der Waals surface area contributed by atoms with Gasteiger partial charge in [0, 0.05) is 17.7 Å². The Bertz CT molecular complexity index is 1730. The van der Waals surface area contributed by atoms with E-state index in [0.29, 0.717) is 0 Å². The van der Waals surface area contributed by atoms with Crippen molar-refractivity contribution in [2.75, 3.05) is 0 Å². The minimum Gasteiger partial charge on any atom is -0.201 e. The highest BCUT2D eigenvalue weighted by atomic mass is 14.9. The molecule has 0 radical (unpaired) electrons. The molecule has 5 aromatic rings. The Morgan fingerprint density at radius 1 is 0.579 bits per heavy atom. The van der Waals surface area contributed by atoms with Crippen molar-refractivity contribution in [3.63, 3.8) is 0 Å². The molecule has 1 nitrogen and oxygen atoms in total. The molecule has 0 saturated heterocycles. The summed E-state index contributed by atoms with van der Waals surface area (Å²) in [5.41, 5.74) is 14.7. The molecule has 0 spiro atoms. The lowest BCUT2D eigenvalue weighted by Gasteiger charge is -2.49. The number of hydrogen-bond donors (Lipinski definition) is 0. The number of aryl methyl sites for hydroxylation is 4. The molecule has 0 saturated carbocycles. The molecule has 0 N–H and O–H groups in total. The number of benzene rings is 4. The van der Waals surface area contributed by atoms with Gasteiger partial charge in [-0.2, -0.15) is 0 Å². The van der Waals surface area contributed by atoms with E-state index in [1.807, 2.05) is 0 Å². The molecule has 38 heavy (non-hydrogen) atoms. The quantitative estimate of drug-likeness (QED) is 0.215. The van der Waals surface area contributed by atoms with Crippen LogP contribution in [0.25, 0.3) is 44.3 Å². The fourth-order valence-corrected chi connectivity index (χ4v) is 6.73. The van der Waals surface area contributed by atoms with Gasteiger partial charge in [0.1, 0.15) is 7.05 Å². The largest absolute Gasteiger partial charge is 0.213 e. The minimum atomic E-state index is -0.0387. The molecule has 1 heterocycles. The number of fused-ring (bicyclic) bond motifs is 5. The highest BCUT2D eigenvalue weighted by Crippen LogP contribution is 2.56. The van der Waals surface area contributed by atoms with E-state index in [2.05, 4.69) is 145 Å². The van der Waals surface area contributed by atoms with Gasteiger partial charge in [-0.05, 0) is 98.5 Å². The second-order valence-corrected chi connectivity index (χ2v) is 12.4. The lowest BCUT2D eigenvalue weighted by atomic mass is 9.54. The molecule has 1 aliphatic carbocycles. The van der Waals surface area contributed by atoms with Gasteiger partial charge < -0.3 is 0 Å². The zero-order valence-electron chi connectivity index (χ0n) is 24.0. The number of aromatic nitrogens is 1. The molecule has 6 rings (SSSR count). The van der Waals surface area contributed by atoms with Gasteiger partial charge in [-0.1, -0.05) is 88.4 Å². The van der Waals surface area contributed by atoms with Gasteiger partial charge in [-0.25, -0.2) is 4.57 Å². The van der Waals surface area contributed by atoms with Crippen molar-refractivity contribution in [3.8, 4) is 33.5 Å². The first-order chi connectivity index (χ1) is 18.0. The van der Waals surface area contributed by atoms with Crippen molar-refractivity contribution in [2.45, 2.75) is 59.3 Å². The number of pyridine rings is 1. The standard InChI is InChI=1S/C37H38N/c1-23-12-11-13-24(2)34(23)27-18-19-38(8)33(21-27)29-22-32-30(20-25(29)3)35-28-15-10-9-14-26(28)16-17-31(35)36(4,5)37(32,6)7/h9-22H,1-8H3/q+1. The smallest absolute Gasteiger partial charge is 0.201 e. The maximum absolute atomic E-state index is 2.50. The molecule has 190 valence electrons. The monoisotopic (exact) mass is 496 g/mol. The van der Waals surface area contributed by atoms with E-state index < -0.39 is 0 Å². The molecule has 0 aliphatic heterocycles. The van der Waals surface area contributed by atoms with Crippen LogP contribution >= 0.6 is 0 Å². The summed E-state index contributed by atoms with van der Waals surface area (Å²) in [7, 11) is 2.17. The second kappa shape index (κ2) is 8.40. The first-order valence-corrected chi connectivity index (χ1v) is 13.8. The summed E-state index contributed by atoms with van der Waals surface area (Å²) in [6.45, 7) is 16.4. The Kier molecular flexibility index (Phi) is 5.44. The molecule has 0 amide bonds. The van der Waals surface area contributed by atoms with Crippen LogP contribution in [0.3, 0.4) is 0 Å². The predicted molar refractivity (Wildman–Crippen MR) is 162 cm³/mol. The maximum Gasteiger partial charge on any atom is 0.213 e. The van der Waals surface area contributed by atoms with Gasteiger partial charge in [-0.15, -0.1) is 0 Å². The van der Waals surface area contributed by atoms with Gasteiger partial charge in [0.2, 0.25) is 5.69 Å². The Labute approximate surface area is 227 Å². The van der Waals surface area contributed by atoms with Crippen LogP contribution in [0, 0.1) is 20.8 Å². The molecule has 4 aromatic carbocycles. The molecular formula is C37H38N+. The van der Waals surface area contributed by atoms with E-state index in [-0.39, 0.29) is 10.8 Å². The predicted octanol–water partition coefficient (Wildman–Crippen LogP) is 9.16. The average Bonchev–Trinajstić information content (AvgIpc) is 2.88. The molecule has 1 heteroatoms. The van der Waals surface area contributed by atoms with Gasteiger partial charge in [0.05, 0.1) is 0 Å². The van der Waals surface area contributed by atoms with E-state index >= 15 is 0 Å². The van der Waals surface area contributed by atoms with E-state index in [4.69, 9.17) is 0 Å². The molecule has 1 aromatic heterocycles. The van der Waals surface area contributed by atoms with Gasteiger partial charge in [0.15, 0.2) is 6.20 Å². The summed E-state index contributed by atoms with van der Waals surface area (Å²) in [6.07, 6.45) is 2.22. The molecular weight excluding hydrogens is 458 g/mol. The summed E-state index contributed by atoms with van der Waals surface area (Å²) in [5, 5.41) is 2.66. The third kappa shape index (κ3) is 3.41. The van der Waals surface area contributed by atoms with E-state index in [0.717, 1.165) is 0 Å². The van der Waals surface area contributed by atoms with Crippen LogP contribution in [0.4, 0.5) is 0 Å². The van der Waals surface area contributed by atoms with Crippen molar-refractivity contribution < 1.29 is 4.57 Å². The second-order valence-electron chi connectivity index (χ2n) is 12.4. The number of rotatable bonds is 2. The number of nitrogens with zero attached hydrogens (tertiary/aromatic N) is 1. The first-order valence-electron chi connectivity index (χ1n) is 13.8. The summed E-state index contributed by atoms with van der Waals surface area (Å²) < 4.78 is 2.27. The van der Waals surface area contributed by atoms with Crippen LogP contribution in [0.1, 0.15) is 55.5 Å². The van der Waals surface area contributed by atoms with Crippen LogP contribution in [0.15, 0.2) is 85.1 Å². The molecule has 0 bridgehead atoms. The fraction of sp³-hybridized carbons (Fsp3) is 0.270. The fourth-order valence-electron chi connectivity index (χ4n) is 6.73. The average molecular weight is 497 g/mol. The molecule has 0 fully saturated rings. The maximum atomic E-state index is 2.50. The van der Waals surface area contributed by atoms with Gasteiger partial charge in [-0.3, -0.25) is 0 Å². The Morgan fingerprint density at radius 2 is 1.26 bits per heavy atom. The van der Waals surface area contributed by atoms with Gasteiger partial charge in [0.25, 0.3) is 0 Å². The first kappa shape index (κ1) is 24.6. The molecule has 1 aliphatic rings. The zero-order chi connectivity index (χ0) is 27.0. The summed E-state index contributed by atoms with van der Waals surface area (Å²) in [4.78, 5) is 0. The van der Waals surface area contributed by atoms with E-state index in [1.165, 1.54) is 72.1 Å².